The molecule has 2 aliphatic rings. The standard InChI is InChI=1S/C21H32N2O3/c1-16(2)26-11-10-25-14-17-6-5-8-19(12-17)23-20(24)21-9-4-3-7-18(21)13-22-15-21/h5-6,8,12,16,18,22H,3-4,7,9-11,13-15H2,1-2H3,(H,23,24)/t18-,21+/m0/s1. The lowest BCUT2D eigenvalue weighted by molar-refractivity contribution is -0.128. The normalized spacial score (nSPS) is 25.3. The first-order valence-electron chi connectivity index (χ1n) is 9.90. The number of rotatable bonds is 8. The summed E-state index contributed by atoms with van der Waals surface area (Å²) in [6.07, 6.45) is 4.78. The lowest BCUT2D eigenvalue weighted by Gasteiger charge is -2.37. The van der Waals surface area contributed by atoms with Crippen molar-refractivity contribution in [2.24, 2.45) is 11.3 Å². The molecule has 1 amide bonds. The molecule has 0 aromatic heterocycles. The second-order valence-electron chi connectivity index (χ2n) is 7.86. The maximum Gasteiger partial charge on any atom is 0.232 e. The average molecular weight is 360 g/mol. The van der Waals surface area contributed by atoms with E-state index >= 15 is 0 Å². The smallest absolute Gasteiger partial charge is 0.232 e. The van der Waals surface area contributed by atoms with Gasteiger partial charge in [0.1, 0.15) is 0 Å². The minimum atomic E-state index is -0.223. The Balaban J connectivity index is 1.54. The van der Waals surface area contributed by atoms with Gasteiger partial charge in [-0.3, -0.25) is 4.79 Å². The Hall–Kier alpha value is -1.43. The van der Waals surface area contributed by atoms with E-state index in [1.54, 1.807) is 0 Å². The molecular weight excluding hydrogens is 328 g/mol. The van der Waals surface area contributed by atoms with E-state index in [9.17, 15) is 4.79 Å². The summed E-state index contributed by atoms with van der Waals surface area (Å²) in [6.45, 7) is 7.52. The van der Waals surface area contributed by atoms with Crippen LogP contribution in [-0.4, -0.2) is 38.3 Å². The first-order chi connectivity index (χ1) is 12.6. The van der Waals surface area contributed by atoms with E-state index < -0.39 is 0 Å². The van der Waals surface area contributed by atoms with E-state index in [2.05, 4.69) is 10.6 Å². The molecule has 1 saturated carbocycles. The largest absolute Gasteiger partial charge is 0.376 e. The minimum Gasteiger partial charge on any atom is -0.376 e. The number of carbonyl (C=O) groups is 1. The summed E-state index contributed by atoms with van der Waals surface area (Å²) < 4.78 is 11.1. The van der Waals surface area contributed by atoms with Crippen LogP contribution in [0.15, 0.2) is 24.3 Å². The topological polar surface area (TPSA) is 59.6 Å². The van der Waals surface area contributed by atoms with E-state index in [1.807, 2.05) is 38.1 Å². The molecule has 0 spiro atoms. The first-order valence-corrected chi connectivity index (χ1v) is 9.90. The maximum atomic E-state index is 13.0. The van der Waals surface area contributed by atoms with Crippen LogP contribution in [0.1, 0.15) is 45.1 Å². The third-order valence-electron chi connectivity index (χ3n) is 5.62. The maximum absolute atomic E-state index is 13.0. The van der Waals surface area contributed by atoms with Crippen molar-refractivity contribution in [1.82, 2.24) is 5.32 Å². The molecule has 1 saturated heterocycles. The number of ether oxygens (including phenoxy) is 2. The van der Waals surface area contributed by atoms with Gasteiger partial charge in [-0.15, -0.1) is 0 Å². The van der Waals surface area contributed by atoms with Gasteiger partial charge in [0.2, 0.25) is 5.91 Å². The summed E-state index contributed by atoms with van der Waals surface area (Å²) in [6, 6.07) is 7.97. The van der Waals surface area contributed by atoms with Crippen molar-refractivity contribution < 1.29 is 14.3 Å². The average Bonchev–Trinajstić information content (AvgIpc) is 3.07. The van der Waals surface area contributed by atoms with Crippen LogP contribution in [0.5, 0.6) is 0 Å². The molecule has 144 valence electrons. The molecule has 3 rings (SSSR count). The second kappa shape index (κ2) is 8.98. The van der Waals surface area contributed by atoms with Crippen LogP contribution in [-0.2, 0) is 20.9 Å². The molecule has 1 aliphatic heterocycles. The Labute approximate surface area is 156 Å². The number of carbonyl (C=O) groups excluding carboxylic acids is 1. The highest BCUT2D eigenvalue weighted by Gasteiger charge is 2.49. The van der Waals surface area contributed by atoms with Gasteiger partial charge in [-0.2, -0.15) is 0 Å². The Kier molecular flexibility index (Phi) is 6.68. The van der Waals surface area contributed by atoms with Crippen LogP contribution in [0, 0.1) is 11.3 Å². The van der Waals surface area contributed by atoms with Crippen LogP contribution in [0.25, 0.3) is 0 Å². The molecule has 1 aromatic rings. The molecule has 1 aliphatic carbocycles. The predicted molar refractivity (Wildman–Crippen MR) is 103 cm³/mol. The van der Waals surface area contributed by atoms with Crippen molar-refractivity contribution in [2.75, 3.05) is 31.6 Å². The van der Waals surface area contributed by atoms with Crippen molar-refractivity contribution in [3.05, 3.63) is 29.8 Å². The highest BCUT2D eigenvalue weighted by atomic mass is 16.5. The van der Waals surface area contributed by atoms with Gasteiger partial charge in [0.05, 0.1) is 31.3 Å². The Bertz CT molecular complexity index is 605. The van der Waals surface area contributed by atoms with E-state index in [1.165, 1.54) is 6.42 Å². The van der Waals surface area contributed by atoms with Gasteiger partial charge in [0.25, 0.3) is 0 Å². The highest BCUT2D eigenvalue weighted by Crippen LogP contribution is 2.44. The predicted octanol–water partition coefficient (Wildman–Crippen LogP) is 3.35. The van der Waals surface area contributed by atoms with Crippen molar-refractivity contribution in [2.45, 2.75) is 52.2 Å². The number of amides is 1. The molecule has 2 fully saturated rings. The highest BCUT2D eigenvalue weighted by molar-refractivity contribution is 5.96. The summed E-state index contributed by atoms with van der Waals surface area (Å²) in [7, 11) is 0. The molecule has 0 radical (unpaired) electrons. The Morgan fingerprint density at radius 3 is 3.08 bits per heavy atom. The van der Waals surface area contributed by atoms with Crippen molar-refractivity contribution in [3.63, 3.8) is 0 Å². The summed E-state index contributed by atoms with van der Waals surface area (Å²) in [5, 5.41) is 6.61. The lowest BCUT2D eigenvalue weighted by Crippen LogP contribution is -2.44. The van der Waals surface area contributed by atoms with Crippen LogP contribution in [0.2, 0.25) is 0 Å². The summed E-state index contributed by atoms with van der Waals surface area (Å²) in [5.41, 5.74) is 1.70. The van der Waals surface area contributed by atoms with Crippen LogP contribution < -0.4 is 10.6 Å². The first kappa shape index (κ1) is 19.3. The number of hydrogen-bond acceptors (Lipinski definition) is 4. The molecule has 26 heavy (non-hydrogen) atoms. The zero-order valence-electron chi connectivity index (χ0n) is 16.1. The fourth-order valence-electron chi connectivity index (χ4n) is 4.22. The summed E-state index contributed by atoms with van der Waals surface area (Å²) in [4.78, 5) is 13.0. The number of hydrogen-bond donors (Lipinski definition) is 2. The third-order valence-corrected chi connectivity index (χ3v) is 5.62. The molecule has 1 heterocycles. The zero-order chi connectivity index (χ0) is 18.4. The molecule has 5 heteroatoms. The molecule has 1 aromatic carbocycles. The monoisotopic (exact) mass is 360 g/mol. The van der Waals surface area contributed by atoms with Crippen molar-refractivity contribution in [1.29, 1.82) is 0 Å². The fourth-order valence-corrected chi connectivity index (χ4v) is 4.22. The van der Waals surface area contributed by atoms with Crippen LogP contribution >= 0.6 is 0 Å². The van der Waals surface area contributed by atoms with Gasteiger partial charge in [-0.1, -0.05) is 25.0 Å². The van der Waals surface area contributed by atoms with E-state index in [-0.39, 0.29) is 17.4 Å². The number of benzene rings is 1. The fraction of sp³-hybridized carbons (Fsp3) is 0.667. The summed E-state index contributed by atoms with van der Waals surface area (Å²) in [5.74, 6) is 0.652. The Morgan fingerprint density at radius 2 is 2.23 bits per heavy atom. The minimum absolute atomic E-state index is 0.176. The van der Waals surface area contributed by atoms with E-state index in [0.29, 0.717) is 25.7 Å². The van der Waals surface area contributed by atoms with Crippen molar-refractivity contribution in [3.8, 4) is 0 Å². The van der Waals surface area contributed by atoms with Crippen LogP contribution in [0.3, 0.4) is 0 Å². The molecule has 2 N–H and O–H groups in total. The van der Waals surface area contributed by atoms with Gasteiger partial charge in [-0.25, -0.2) is 0 Å². The van der Waals surface area contributed by atoms with E-state index in [4.69, 9.17) is 9.47 Å². The second-order valence-corrected chi connectivity index (χ2v) is 7.86. The molecule has 0 bridgehead atoms. The molecular formula is C21H32N2O3. The van der Waals surface area contributed by atoms with Crippen molar-refractivity contribution >= 4 is 11.6 Å². The number of fused-ring (bicyclic) bond motifs is 1. The van der Waals surface area contributed by atoms with Gasteiger partial charge < -0.3 is 20.1 Å². The SMILES string of the molecule is CC(C)OCCOCc1cccc(NC(=O)[C@@]23CCCC[C@H]2CNC3)c1. The molecule has 5 nitrogen and oxygen atoms in total. The van der Waals surface area contributed by atoms with E-state index in [0.717, 1.165) is 43.6 Å². The van der Waals surface area contributed by atoms with Gasteiger partial charge >= 0.3 is 0 Å². The number of anilines is 1. The summed E-state index contributed by atoms with van der Waals surface area (Å²) >= 11 is 0. The molecule has 2 atom stereocenters. The van der Waals surface area contributed by atoms with Gasteiger partial charge in [0.15, 0.2) is 0 Å². The molecule has 0 unspecified atom stereocenters. The van der Waals surface area contributed by atoms with Crippen LogP contribution in [0.4, 0.5) is 5.69 Å². The lowest BCUT2D eigenvalue weighted by atomic mass is 9.67. The quantitative estimate of drug-likeness (QED) is 0.698. The van der Waals surface area contributed by atoms with Gasteiger partial charge in [-0.05, 0) is 56.8 Å². The third kappa shape index (κ3) is 4.64. The zero-order valence-corrected chi connectivity index (χ0v) is 16.1. The number of nitrogens with one attached hydrogen (secondary N) is 2. The Morgan fingerprint density at radius 1 is 1.35 bits per heavy atom. The van der Waals surface area contributed by atoms with Gasteiger partial charge in [0, 0.05) is 12.2 Å².